The molecule has 4 heteroatoms. The number of nitrogens with zero attached hydrogens (tertiary/aromatic N) is 1. The third-order valence-corrected chi connectivity index (χ3v) is 6.43. The van der Waals surface area contributed by atoms with Crippen LogP contribution in [0.15, 0.2) is 0 Å². The number of aliphatic hydroxyl groups excluding tert-OH is 2. The van der Waals surface area contributed by atoms with Crippen LogP contribution in [0.4, 0.5) is 0 Å². The zero-order valence-electron chi connectivity index (χ0n) is 18.1. The summed E-state index contributed by atoms with van der Waals surface area (Å²) in [7, 11) is 0. The maximum atomic E-state index is 9.73. The second-order valence-corrected chi connectivity index (χ2v) is 8.79. The highest BCUT2D eigenvalue weighted by atomic mass is 79.9. The van der Waals surface area contributed by atoms with E-state index < -0.39 is 0 Å². The second-order valence-electron chi connectivity index (χ2n) is 8.79. The molecule has 0 atom stereocenters. The van der Waals surface area contributed by atoms with Crippen LogP contribution in [0.3, 0.4) is 0 Å². The Balaban J connectivity index is 0.00000676. The summed E-state index contributed by atoms with van der Waals surface area (Å²) in [6.45, 7) is 6.76. The van der Waals surface area contributed by atoms with Gasteiger partial charge in [-0.25, -0.2) is 0 Å². The largest absolute Gasteiger partial charge is 1.00 e. The molecule has 0 aromatic carbocycles. The zero-order valence-corrected chi connectivity index (χ0v) is 19.7. The first-order chi connectivity index (χ1) is 12.7. The molecule has 2 N–H and O–H groups in total. The van der Waals surface area contributed by atoms with Crippen molar-refractivity contribution in [2.24, 2.45) is 0 Å². The van der Waals surface area contributed by atoms with E-state index in [1.807, 2.05) is 0 Å². The Morgan fingerprint density at radius 1 is 0.667 bits per heavy atom. The normalized spacial score (nSPS) is 22.6. The predicted octanol–water partition coefficient (Wildman–Crippen LogP) is 2.44. The standard InChI is InChI=1S/C23H48NO2.BrH/c1-2-3-4-5-6-7-8-9-10-11-12-13-14-15-18-24(21-22-25)19-16-23(26)17-20-24;/h23,25-26H,2-22H2,1H3;1H/q+1;/p-1. The average molecular weight is 451 g/mol. The molecule has 27 heavy (non-hydrogen) atoms. The number of unbranched alkanes of at least 4 members (excludes halogenated alkanes) is 13. The number of likely N-dealkylation sites (tertiary alicyclic amines) is 1. The lowest BCUT2D eigenvalue weighted by Gasteiger charge is -2.42. The molecule has 0 spiro atoms. The SMILES string of the molecule is CCCCCCCCCCCCCCCC[N+]1(CCO)CCC(O)CC1.[Br-]. The predicted molar refractivity (Wildman–Crippen MR) is 112 cm³/mol. The smallest absolute Gasteiger partial charge is 0.102 e. The summed E-state index contributed by atoms with van der Waals surface area (Å²) in [5.74, 6) is 0. The Morgan fingerprint density at radius 3 is 1.48 bits per heavy atom. The molecule has 0 radical (unpaired) electrons. The minimum Gasteiger partial charge on any atom is -1.00 e. The Hall–Kier alpha value is 0.360. The molecule has 164 valence electrons. The van der Waals surface area contributed by atoms with Gasteiger partial charge in [0.2, 0.25) is 0 Å². The van der Waals surface area contributed by atoms with Gasteiger partial charge in [0.15, 0.2) is 0 Å². The molecule has 1 aliphatic rings. The molecule has 0 unspecified atom stereocenters. The van der Waals surface area contributed by atoms with Gasteiger partial charge in [0.25, 0.3) is 0 Å². The Labute approximate surface area is 180 Å². The van der Waals surface area contributed by atoms with Crippen LogP contribution in [0.1, 0.15) is 110 Å². The summed E-state index contributed by atoms with van der Waals surface area (Å²) in [6, 6.07) is 0. The van der Waals surface area contributed by atoms with Gasteiger partial charge in [-0.15, -0.1) is 0 Å². The number of halogens is 1. The topological polar surface area (TPSA) is 40.5 Å². The van der Waals surface area contributed by atoms with E-state index in [1.54, 1.807) is 0 Å². The molecule has 0 amide bonds. The van der Waals surface area contributed by atoms with Gasteiger partial charge in [0.1, 0.15) is 6.54 Å². The molecular weight excluding hydrogens is 402 g/mol. The molecule has 1 aliphatic heterocycles. The minimum atomic E-state index is -0.101. The van der Waals surface area contributed by atoms with Crippen LogP contribution in [0.2, 0.25) is 0 Å². The van der Waals surface area contributed by atoms with Gasteiger partial charge in [-0.3, -0.25) is 0 Å². The van der Waals surface area contributed by atoms with Gasteiger partial charge in [0, 0.05) is 12.8 Å². The van der Waals surface area contributed by atoms with Gasteiger partial charge >= 0.3 is 0 Å². The van der Waals surface area contributed by atoms with Gasteiger partial charge in [0.05, 0.1) is 32.3 Å². The van der Waals surface area contributed by atoms with Gasteiger partial charge < -0.3 is 31.7 Å². The summed E-state index contributed by atoms with van der Waals surface area (Å²) < 4.78 is 1.05. The van der Waals surface area contributed by atoms with E-state index in [-0.39, 0.29) is 29.7 Å². The highest BCUT2D eigenvalue weighted by Crippen LogP contribution is 2.21. The number of hydrogen-bond donors (Lipinski definition) is 2. The lowest BCUT2D eigenvalue weighted by Crippen LogP contribution is -3.00. The fourth-order valence-corrected chi connectivity index (χ4v) is 4.51. The van der Waals surface area contributed by atoms with Crippen molar-refractivity contribution in [2.45, 2.75) is 116 Å². The summed E-state index contributed by atoms with van der Waals surface area (Å²) in [5.41, 5.74) is 0. The van der Waals surface area contributed by atoms with E-state index in [0.717, 1.165) is 37.0 Å². The fraction of sp³-hybridized carbons (Fsp3) is 1.00. The molecule has 0 aromatic heterocycles. The summed E-state index contributed by atoms with van der Waals surface area (Å²) in [5, 5.41) is 19.1. The second kappa shape index (κ2) is 18.4. The minimum absolute atomic E-state index is 0. The molecule has 3 nitrogen and oxygen atoms in total. The first-order valence-corrected chi connectivity index (χ1v) is 11.9. The van der Waals surface area contributed by atoms with Crippen LogP contribution in [-0.2, 0) is 0 Å². The van der Waals surface area contributed by atoms with E-state index in [0.29, 0.717) is 0 Å². The van der Waals surface area contributed by atoms with Crippen molar-refractivity contribution in [3.8, 4) is 0 Å². The molecule has 0 aromatic rings. The van der Waals surface area contributed by atoms with Crippen LogP contribution in [0.25, 0.3) is 0 Å². The molecule has 0 aliphatic carbocycles. The van der Waals surface area contributed by atoms with Gasteiger partial charge in [-0.2, -0.15) is 0 Å². The molecule has 0 bridgehead atoms. The van der Waals surface area contributed by atoms with E-state index in [9.17, 15) is 10.2 Å². The number of aliphatic hydroxyl groups is 2. The van der Waals surface area contributed by atoms with E-state index in [2.05, 4.69) is 6.92 Å². The van der Waals surface area contributed by atoms with Crippen molar-refractivity contribution < 1.29 is 31.7 Å². The fourth-order valence-electron chi connectivity index (χ4n) is 4.51. The molecule has 1 fully saturated rings. The number of quaternary nitrogens is 1. The third kappa shape index (κ3) is 14.1. The van der Waals surface area contributed by atoms with Crippen molar-refractivity contribution in [1.29, 1.82) is 0 Å². The summed E-state index contributed by atoms with van der Waals surface area (Å²) in [4.78, 5) is 0. The van der Waals surface area contributed by atoms with E-state index >= 15 is 0 Å². The monoisotopic (exact) mass is 449 g/mol. The average Bonchev–Trinajstić information content (AvgIpc) is 2.65. The van der Waals surface area contributed by atoms with Crippen LogP contribution in [0.5, 0.6) is 0 Å². The Morgan fingerprint density at radius 2 is 1.07 bits per heavy atom. The van der Waals surface area contributed by atoms with Crippen molar-refractivity contribution in [3.05, 3.63) is 0 Å². The Kier molecular flexibility index (Phi) is 18.6. The van der Waals surface area contributed by atoms with Crippen molar-refractivity contribution >= 4 is 0 Å². The first kappa shape index (κ1) is 27.4. The molecule has 0 saturated carbocycles. The van der Waals surface area contributed by atoms with E-state index in [4.69, 9.17) is 0 Å². The quantitative estimate of drug-likeness (QED) is 0.264. The van der Waals surface area contributed by atoms with Crippen LogP contribution < -0.4 is 17.0 Å². The van der Waals surface area contributed by atoms with Crippen LogP contribution in [-0.4, -0.2) is 53.6 Å². The highest BCUT2D eigenvalue weighted by molar-refractivity contribution is 4.63. The molecule has 1 heterocycles. The lowest BCUT2D eigenvalue weighted by atomic mass is 10.0. The maximum Gasteiger partial charge on any atom is 0.102 e. The zero-order chi connectivity index (χ0) is 18.9. The Bertz CT molecular complexity index is 307. The molecule has 1 saturated heterocycles. The van der Waals surface area contributed by atoms with Gasteiger partial charge in [-0.05, 0) is 12.8 Å². The van der Waals surface area contributed by atoms with Crippen molar-refractivity contribution in [2.75, 3.05) is 32.8 Å². The summed E-state index contributed by atoms with van der Waals surface area (Å²) in [6.07, 6.45) is 21.4. The number of piperidine rings is 1. The molecule has 1 rings (SSSR count). The highest BCUT2D eigenvalue weighted by Gasteiger charge is 2.32. The van der Waals surface area contributed by atoms with Crippen LogP contribution >= 0.6 is 0 Å². The third-order valence-electron chi connectivity index (χ3n) is 6.43. The maximum absolute atomic E-state index is 9.73. The van der Waals surface area contributed by atoms with Gasteiger partial charge in [-0.1, -0.05) is 84.0 Å². The number of hydrogen-bond acceptors (Lipinski definition) is 2. The number of rotatable bonds is 17. The van der Waals surface area contributed by atoms with E-state index in [1.165, 1.54) is 96.4 Å². The van der Waals surface area contributed by atoms with Crippen LogP contribution in [0, 0.1) is 0 Å². The lowest BCUT2D eigenvalue weighted by molar-refractivity contribution is -0.933. The molecular formula is C23H48BrNO2. The summed E-state index contributed by atoms with van der Waals surface area (Å²) >= 11 is 0. The first-order valence-electron chi connectivity index (χ1n) is 11.9. The van der Waals surface area contributed by atoms with Crippen molar-refractivity contribution in [3.63, 3.8) is 0 Å². The van der Waals surface area contributed by atoms with Crippen molar-refractivity contribution in [1.82, 2.24) is 0 Å².